The molecule has 0 bridgehead atoms. The summed E-state index contributed by atoms with van der Waals surface area (Å²) in [5.41, 5.74) is 0.537. The molecule has 0 saturated carbocycles. The highest BCUT2D eigenvalue weighted by molar-refractivity contribution is 6.03. The van der Waals surface area contributed by atoms with Crippen LogP contribution in [0.2, 0.25) is 0 Å². The second-order valence-electron chi connectivity index (χ2n) is 5.35. The fourth-order valence-electron chi connectivity index (χ4n) is 1.61. The number of carbonyl (C=O) groups excluding carboxylic acids is 2. The second-order valence-corrected chi connectivity index (χ2v) is 5.35. The monoisotopic (exact) mass is 412 g/mol. The molecule has 0 aliphatic carbocycles. The van der Waals surface area contributed by atoms with Crippen LogP contribution in [-0.4, -0.2) is 52.6 Å². The molecule has 162 valence electrons. The quantitative estimate of drug-likeness (QED) is 0.310. The molecule has 0 saturated heterocycles. The standard InChI is InChI=1S/C16H22O4.C3H4O2.CH2O3/c1-3-5-11-19-15(17)13-9-7-8-10-14(13)16(18)20-12-6-4-2;1-2-3(4)5;2-1(3)4/h7-10H,3-6,11-12H2,1-2H3;2H,1H2,(H,4,5);(H2,2,3,4). The SMILES string of the molecule is C=CC(=O)O.CCCCOC(=O)c1ccccc1C(=O)OCCCC.O=C(O)O. The van der Waals surface area contributed by atoms with Gasteiger partial charge in [0.2, 0.25) is 0 Å². The first-order valence-electron chi connectivity index (χ1n) is 8.91. The Morgan fingerprint density at radius 3 is 1.41 bits per heavy atom. The Hall–Kier alpha value is -3.36. The predicted molar refractivity (Wildman–Crippen MR) is 105 cm³/mol. The molecule has 1 aromatic carbocycles. The Labute approximate surface area is 169 Å². The van der Waals surface area contributed by atoms with Gasteiger partial charge in [-0.3, -0.25) is 0 Å². The second kappa shape index (κ2) is 18.0. The number of carbonyl (C=O) groups is 4. The molecule has 0 fully saturated rings. The first-order valence-corrected chi connectivity index (χ1v) is 8.91. The van der Waals surface area contributed by atoms with Gasteiger partial charge in [0, 0.05) is 6.08 Å². The van der Waals surface area contributed by atoms with Gasteiger partial charge in [0.1, 0.15) is 0 Å². The van der Waals surface area contributed by atoms with Crippen LogP contribution in [0.5, 0.6) is 0 Å². The fraction of sp³-hybridized carbons (Fsp3) is 0.400. The van der Waals surface area contributed by atoms with Crippen molar-refractivity contribution in [3.8, 4) is 0 Å². The third-order valence-electron chi connectivity index (χ3n) is 3.00. The molecule has 1 aromatic rings. The van der Waals surface area contributed by atoms with Gasteiger partial charge in [0.15, 0.2) is 0 Å². The van der Waals surface area contributed by atoms with Crippen molar-refractivity contribution in [2.24, 2.45) is 0 Å². The van der Waals surface area contributed by atoms with E-state index in [-0.39, 0.29) is 11.1 Å². The van der Waals surface area contributed by atoms with Crippen molar-refractivity contribution >= 4 is 24.1 Å². The summed E-state index contributed by atoms with van der Waals surface area (Å²) in [6, 6.07) is 6.59. The van der Waals surface area contributed by atoms with Gasteiger partial charge in [-0.2, -0.15) is 0 Å². The van der Waals surface area contributed by atoms with Crippen molar-refractivity contribution in [3.63, 3.8) is 0 Å². The maximum Gasteiger partial charge on any atom is 0.503 e. The van der Waals surface area contributed by atoms with Crippen LogP contribution >= 0.6 is 0 Å². The Kier molecular flexibility index (Phi) is 17.3. The number of aliphatic carboxylic acids is 1. The maximum atomic E-state index is 11.9. The number of ether oxygens (including phenoxy) is 2. The fourth-order valence-corrected chi connectivity index (χ4v) is 1.61. The van der Waals surface area contributed by atoms with Crippen molar-refractivity contribution in [2.75, 3.05) is 13.2 Å². The summed E-state index contributed by atoms with van der Waals surface area (Å²) >= 11 is 0. The lowest BCUT2D eigenvalue weighted by atomic mass is 10.1. The highest BCUT2D eigenvalue weighted by Gasteiger charge is 2.18. The lowest BCUT2D eigenvalue weighted by Gasteiger charge is -2.09. The number of unbranched alkanes of at least 4 members (excludes halogenated alkanes) is 2. The minimum absolute atomic E-state index is 0.269. The summed E-state index contributed by atoms with van der Waals surface area (Å²) < 4.78 is 10.3. The molecule has 9 heteroatoms. The van der Waals surface area contributed by atoms with Gasteiger partial charge in [-0.1, -0.05) is 45.4 Å². The Bertz CT molecular complexity index is 608. The van der Waals surface area contributed by atoms with Crippen molar-refractivity contribution in [3.05, 3.63) is 48.0 Å². The third kappa shape index (κ3) is 16.5. The number of carboxylic acids is 1. The summed E-state index contributed by atoms with van der Waals surface area (Å²) in [4.78, 5) is 41.7. The van der Waals surface area contributed by atoms with Crippen molar-refractivity contribution < 1.29 is 44.0 Å². The van der Waals surface area contributed by atoms with Gasteiger partial charge < -0.3 is 24.8 Å². The summed E-state index contributed by atoms with van der Waals surface area (Å²) in [5.74, 6) is -1.92. The Balaban J connectivity index is 0. The van der Waals surface area contributed by atoms with Gasteiger partial charge in [0.25, 0.3) is 0 Å². The molecule has 1 rings (SSSR count). The first kappa shape index (κ1) is 27.9. The molecular weight excluding hydrogens is 384 g/mol. The minimum Gasteiger partial charge on any atom is -0.478 e. The average Bonchev–Trinajstić information content (AvgIpc) is 2.68. The molecule has 29 heavy (non-hydrogen) atoms. The summed E-state index contributed by atoms with van der Waals surface area (Å²) in [5, 5.41) is 21.5. The van der Waals surface area contributed by atoms with Gasteiger partial charge in [-0.25, -0.2) is 19.2 Å². The lowest BCUT2D eigenvalue weighted by Crippen LogP contribution is -2.14. The van der Waals surface area contributed by atoms with E-state index >= 15 is 0 Å². The topological polar surface area (TPSA) is 147 Å². The average molecular weight is 412 g/mol. The molecule has 0 amide bonds. The highest BCUT2D eigenvalue weighted by atomic mass is 16.6. The molecule has 0 atom stereocenters. The largest absolute Gasteiger partial charge is 0.503 e. The number of esters is 2. The predicted octanol–water partition coefficient (Wildman–Crippen LogP) is 4.08. The molecule has 0 unspecified atom stereocenters. The zero-order valence-corrected chi connectivity index (χ0v) is 16.6. The van der Waals surface area contributed by atoms with Crippen LogP contribution in [-0.2, 0) is 14.3 Å². The number of rotatable bonds is 9. The molecule has 0 aliphatic rings. The van der Waals surface area contributed by atoms with Crippen LogP contribution in [0, 0.1) is 0 Å². The molecule has 0 radical (unpaired) electrons. The summed E-state index contributed by atoms with van der Waals surface area (Å²) in [7, 11) is 0. The van der Waals surface area contributed by atoms with E-state index < -0.39 is 24.1 Å². The molecule has 9 nitrogen and oxygen atoms in total. The molecule has 0 aliphatic heterocycles. The van der Waals surface area contributed by atoms with E-state index in [1.165, 1.54) is 0 Å². The number of hydrogen-bond donors (Lipinski definition) is 3. The molecular formula is C20H28O9. The van der Waals surface area contributed by atoms with E-state index in [1.54, 1.807) is 24.3 Å². The summed E-state index contributed by atoms with van der Waals surface area (Å²) in [6.07, 6.45) is 2.53. The van der Waals surface area contributed by atoms with Crippen molar-refractivity contribution in [1.82, 2.24) is 0 Å². The first-order chi connectivity index (χ1) is 13.7. The van der Waals surface area contributed by atoms with Crippen LogP contribution in [0.3, 0.4) is 0 Å². The van der Waals surface area contributed by atoms with Crippen LogP contribution in [0.25, 0.3) is 0 Å². The molecule has 0 spiro atoms. The van der Waals surface area contributed by atoms with Crippen LogP contribution in [0.15, 0.2) is 36.9 Å². The Morgan fingerprint density at radius 1 is 0.862 bits per heavy atom. The van der Waals surface area contributed by atoms with Crippen molar-refractivity contribution in [2.45, 2.75) is 39.5 Å². The third-order valence-corrected chi connectivity index (χ3v) is 3.00. The van der Waals surface area contributed by atoms with Crippen molar-refractivity contribution in [1.29, 1.82) is 0 Å². The van der Waals surface area contributed by atoms with Crippen LogP contribution < -0.4 is 0 Å². The maximum absolute atomic E-state index is 11.9. The van der Waals surface area contributed by atoms with E-state index in [0.29, 0.717) is 13.2 Å². The number of carboxylic acid groups (broad SMARTS) is 3. The Morgan fingerprint density at radius 2 is 1.17 bits per heavy atom. The van der Waals surface area contributed by atoms with E-state index in [1.807, 2.05) is 13.8 Å². The smallest absolute Gasteiger partial charge is 0.478 e. The van der Waals surface area contributed by atoms with Gasteiger partial charge in [0.05, 0.1) is 24.3 Å². The molecule has 0 aromatic heterocycles. The lowest BCUT2D eigenvalue weighted by molar-refractivity contribution is -0.131. The zero-order valence-electron chi connectivity index (χ0n) is 16.6. The van der Waals surface area contributed by atoms with Crippen LogP contribution in [0.1, 0.15) is 60.2 Å². The van der Waals surface area contributed by atoms with E-state index in [2.05, 4.69) is 6.58 Å². The van der Waals surface area contributed by atoms with Gasteiger partial charge >= 0.3 is 24.1 Å². The minimum atomic E-state index is -1.83. The zero-order chi connectivity index (χ0) is 22.7. The van der Waals surface area contributed by atoms with Crippen LogP contribution in [0.4, 0.5) is 4.79 Å². The van der Waals surface area contributed by atoms with E-state index in [9.17, 15) is 14.4 Å². The highest BCUT2D eigenvalue weighted by Crippen LogP contribution is 2.12. The molecule has 3 N–H and O–H groups in total. The van der Waals surface area contributed by atoms with Gasteiger partial charge in [-0.05, 0) is 25.0 Å². The normalized spacial score (nSPS) is 8.90. The number of hydrogen-bond acceptors (Lipinski definition) is 6. The molecule has 0 heterocycles. The van der Waals surface area contributed by atoms with E-state index in [0.717, 1.165) is 31.8 Å². The van der Waals surface area contributed by atoms with Gasteiger partial charge in [-0.15, -0.1) is 0 Å². The summed E-state index contributed by atoms with van der Waals surface area (Å²) in [6.45, 7) is 7.74. The number of benzene rings is 1. The van der Waals surface area contributed by atoms with E-state index in [4.69, 9.17) is 29.6 Å².